The van der Waals surface area contributed by atoms with Crippen LogP contribution in [0.1, 0.15) is 28.7 Å². The lowest BCUT2D eigenvalue weighted by Gasteiger charge is -2.17. The molecular weight excluding hydrogens is 503 g/mol. The molecule has 1 unspecified atom stereocenters. The van der Waals surface area contributed by atoms with Gasteiger partial charge in [0.2, 0.25) is 0 Å². The van der Waals surface area contributed by atoms with Crippen LogP contribution < -0.4 is 4.52 Å². The summed E-state index contributed by atoms with van der Waals surface area (Å²) in [6.45, 7) is 0.310. The molecular formula is C31H30ClO4P. The topological polar surface area (TPSA) is 55.8 Å². The van der Waals surface area contributed by atoms with Crippen LogP contribution in [0.5, 0.6) is 5.75 Å². The molecule has 0 bridgehead atoms. The summed E-state index contributed by atoms with van der Waals surface area (Å²) in [6.07, 6.45) is 1.00. The number of hydrogen-bond acceptors (Lipinski definition) is 3. The van der Waals surface area contributed by atoms with E-state index in [9.17, 15) is 9.46 Å². The van der Waals surface area contributed by atoms with Gasteiger partial charge in [0.25, 0.3) is 0 Å². The maximum Gasteiger partial charge on any atom is 0.402 e. The van der Waals surface area contributed by atoms with Crippen molar-refractivity contribution < 1.29 is 18.7 Å². The van der Waals surface area contributed by atoms with Crippen molar-refractivity contribution in [2.75, 3.05) is 18.8 Å². The summed E-state index contributed by atoms with van der Waals surface area (Å²) in [5, 5.41) is 0. The lowest BCUT2D eigenvalue weighted by atomic mass is 9.88. The molecule has 0 aliphatic heterocycles. The summed E-state index contributed by atoms with van der Waals surface area (Å²) in [5.41, 5.74) is 6.84. The van der Waals surface area contributed by atoms with Crippen LogP contribution in [0.15, 0.2) is 115 Å². The summed E-state index contributed by atoms with van der Waals surface area (Å²) in [6, 6.07) is 37.7. The van der Waals surface area contributed by atoms with Gasteiger partial charge in [0.1, 0.15) is 5.75 Å². The maximum absolute atomic E-state index is 12.3. The van der Waals surface area contributed by atoms with Crippen molar-refractivity contribution in [3.8, 4) is 5.75 Å². The molecule has 0 saturated carbocycles. The van der Waals surface area contributed by atoms with Crippen LogP contribution >= 0.6 is 19.2 Å². The highest BCUT2D eigenvalue weighted by molar-refractivity contribution is 7.53. The number of benzene rings is 4. The summed E-state index contributed by atoms with van der Waals surface area (Å²) in [7, 11) is -3.88. The molecule has 0 saturated heterocycles. The van der Waals surface area contributed by atoms with Crippen LogP contribution in [0.3, 0.4) is 0 Å². The summed E-state index contributed by atoms with van der Waals surface area (Å²) in [5.74, 6) is 0.873. The van der Waals surface area contributed by atoms with Crippen molar-refractivity contribution in [3.05, 3.63) is 138 Å². The van der Waals surface area contributed by atoms with E-state index in [0.717, 1.165) is 34.2 Å². The highest BCUT2D eigenvalue weighted by Gasteiger charge is 2.21. The Morgan fingerprint density at radius 3 is 1.86 bits per heavy atom. The summed E-state index contributed by atoms with van der Waals surface area (Å²) >= 11 is 6.24. The smallest absolute Gasteiger partial charge is 0.402 e. The first-order valence-electron chi connectivity index (χ1n) is 12.2. The Kier molecular flexibility index (Phi) is 9.76. The number of para-hydroxylation sites is 1. The van der Waals surface area contributed by atoms with E-state index in [1.54, 1.807) is 24.3 Å². The highest BCUT2D eigenvalue weighted by Crippen LogP contribution is 2.42. The SMILES string of the molecule is O=P(O)(COCCc1ccc(C(=C(CCCl)c2ccccc2)c2ccccc2)cc1)Oc1ccccc1. The van der Waals surface area contributed by atoms with Crippen LogP contribution in [0.2, 0.25) is 0 Å². The van der Waals surface area contributed by atoms with Crippen LogP contribution in [0.25, 0.3) is 11.1 Å². The molecule has 6 heteroatoms. The molecule has 0 amide bonds. The van der Waals surface area contributed by atoms with E-state index in [1.165, 1.54) is 5.57 Å². The number of halogens is 1. The number of rotatable bonds is 12. The Labute approximate surface area is 223 Å². The molecule has 1 atom stereocenters. The first-order valence-corrected chi connectivity index (χ1v) is 14.5. The number of ether oxygens (including phenoxy) is 1. The van der Waals surface area contributed by atoms with E-state index in [0.29, 0.717) is 24.7 Å². The first kappa shape index (κ1) is 26.9. The van der Waals surface area contributed by atoms with Crippen molar-refractivity contribution in [2.45, 2.75) is 12.8 Å². The van der Waals surface area contributed by atoms with E-state index in [4.69, 9.17) is 20.9 Å². The lowest BCUT2D eigenvalue weighted by Crippen LogP contribution is -2.04. The molecule has 4 aromatic carbocycles. The standard InChI is InChI=1S/C31H30ClO4P/c32-22-20-30(26-10-4-1-5-11-26)31(27-12-6-2-7-13-27)28-18-16-25(17-19-28)21-23-35-24-37(33,34)36-29-14-8-3-9-15-29/h1-19H,20-24H2,(H,33,34). The largest absolute Gasteiger partial charge is 0.423 e. The summed E-state index contributed by atoms with van der Waals surface area (Å²) < 4.78 is 23.0. The third-order valence-electron chi connectivity index (χ3n) is 5.85. The maximum atomic E-state index is 12.3. The number of hydrogen-bond donors (Lipinski definition) is 1. The molecule has 37 heavy (non-hydrogen) atoms. The lowest BCUT2D eigenvalue weighted by molar-refractivity contribution is 0.161. The Morgan fingerprint density at radius 2 is 1.27 bits per heavy atom. The molecule has 0 radical (unpaired) electrons. The second-order valence-corrected chi connectivity index (χ2v) is 10.6. The molecule has 0 heterocycles. The molecule has 0 spiro atoms. The molecule has 0 aliphatic carbocycles. The van der Waals surface area contributed by atoms with Gasteiger partial charge >= 0.3 is 7.60 Å². The molecule has 190 valence electrons. The van der Waals surface area contributed by atoms with Gasteiger partial charge < -0.3 is 14.2 Å². The van der Waals surface area contributed by atoms with E-state index in [-0.39, 0.29) is 6.35 Å². The zero-order chi connectivity index (χ0) is 25.9. The van der Waals surface area contributed by atoms with Gasteiger partial charge in [-0.1, -0.05) is 103 Å². The Bertz CT molecular complexity index is 1320. The Morgan fingerprint density at radius 1 is 0.730 bits per heavy atom. The fourth-order valence-electron chi connectivity index (χ4n) is 4.15. The highest BCUT2D eigenvalue weighted by atomic mass is 35.5. The van der Waals surface area contributed by atoms with Gasteiger partial charge in [-0.3, -0.25) is 0 Å². The van der Waals surface area contributed by atoms with Gasteiger partial charge in [-0.2, -0.15) is 0 Å². The molecule has 0 aromatic heterocycles. The van der Waals surface area contributed by atoms with Gasteiger partial charge in [0.05, 0.1) is 6.61 Å². The third kappa shape index (κ3) is 7.92. The molecule has 4 rings (SSSR count). The van der Waals surface area contributed by atoms with Crippen molar-refractivity contribution in [3.63, 3.8) is 0 Å². The van der Waals surface area contributed by atoms with Crippen LogP contribution in [-0.4, -0.2) is 23.7 Å². The van der Waals surface area contributed by atoms with Crippen molar-refractivity contribution >= 4 is 30.3 Å². The molecule has 4 nitrogen and oxygen atoms in total. The Balaban J connectivity index is 1.47. The van der Waals surface area contributed by atoms with Gasteiger partial charge in [0.15, 0.2) is 6.35 Å². The normalized spacial score (nSPS) is 13.5. The second kappa shape index (κ2) is 13.4. The minimum Gasteiger partial charge on any atom is -0.423 e. The molecule has 0 aliphatic rings. The van der Waals surface area contributed by atoms with Gasteiger partial charge in [0, 0.05) is 5.88 Å². The average Bonchev–Trinajstić information content (AvgIpc) is 2.93. The average molecular weight is 533 g/mol. The van der Waals surface area contributed by atoms with E-state index < -0.39 is 7.60 Å². The molecule has 4 aromatic rings. The molecule has 0 fully saturated rings. The summed E-state index contributed by atoms with van der Waals surface area (Å²) in [4.78, 5) is 10.1. The minimum absolute atomic E-state index is 0.310. The quantitative estimate of drug-likeness (QED) is 0.0867. The third-order valence-corrected chi connectivity index (χ3v) is 7.05. The fraction of sp³-hybridized carbons (Fsp3) is 0.161. The van der Waals surface area contributed by atoms with E-state index in [1.807, 2.05) is 42.5 Å². The van der Waals surface area contributed by atoms with E-state index in [2.05, 4.69) is 48.5 Å². The predicted octanol–water partition coefficient (Wildman–Crippen LogP) is 8.06. The first-order chi connectivity index (χ1) is 18.1. The van der Waals surface area contributed by atoms with Crippen LogP contribution in [-0.2, 0) is 15.7 Å². The van der Waals surface area contributed by atoms with Gasteiger partial charge in [-0.25, -0.2) is 4.57 Å². The van der Waals surface area contributed by atoms with Crippen LogP contribution in [0, 0.1) is 0 Å². The van der Waals surface area contributed by atoms with Crippen molar-refractivity contribution in [2.24, 2.45) is 0 Å². The van der Waals surface area contributed by atoms with Gasteiger partial charge in [-0.15, -0.1) is 11.6 Å². The minimum atomic E-state index is -3.88. The van der Waals surface area contributed by atoms with Gasteiger partial charge in [-0.05, 0) is 58.4 Å². The number of alkyl halides is 1. The Hall–Kier alpha value is -3.14. The monoisotopic (exact) mass is 532 g/mol. The fourth-order valence-corrected chi connectivity index (χ4v) is 5.20. The second-order valence-electron chi connectivity index (χ2n) is 8.55. The van der Waals surface area contributed by atoms with Crippen molar-refractivity contribution in [1.29, 1.82) is 0 Å². The zero-order valence-electron chi connectivity index (χ0n) is 20.5. The van der Waals surface area contributed by atoms with E-state index >= 15 is 0 Å². The number of allylic oxidation sites excluding steroid dienone is 1. The predicted molar refractivity (Wildman–Crippen MR) is 152 cm³/mol. The zero-order valence-corrected chi connectivity index (χ0v) is 22.2. The molecule has 1 N–H and O–H groups in total. The van der Waals surface area contributed by atoms with Crippen molar-refractivity contribution in [1.82, 2.24) is 0 Å². The van der Waals surface area contributed by atoms with Crippen LogP contribution in [0.4, 0.5) is 0 Å².